The maximum absolute atomic E-state index is 11.8. The van der Waals surface area contributed by atoms with Crippen molar-refractivity contribution in [3.63, 3.8) is 0 Å². The van der Waals surface area contributed by atoms with E-state index in [4.69, 9.17) is 4.42 Å². The molecule has 1 unspecified atom stereocenters. The minimum absolute atomic E-state index is 0.148. The van der Waals surface area contributed by atoms with E-state index >= 15 is 0 Å². The molecule has 3 rings (SSSR count). The van der Waals surface area contributed by atoms with E-state index < -0.39 is 0 Å². The third kappa shape index (κ3) is 3.13. The quantitative estimate of drug-likeness (QED) is 0.784. The Morgan fingerprint density at radius 2 is 2.38 bits per heavy atom. The molecule has 0 aliphatic heterocycles. The number of fused-ring (bicyclic) bond motifs is 1. The molecular weight excluding hydrogens is 288 g/mol. The number of nitrogens with zero attached hydrogens (tertiary/aromatic N) is 3. The summed E-state index contributed by atoms with van der Waals surface area (Å²) in [6, 6.07) is 5.57. The number of hydrogen-bond donors (Lipinski definition) is 1. The van der Waals surface area contributed by atoms with Gasteiger partial charge < -0.3 is 9.73 Å². The smallest absolute Gasteiger partial charge is 0.275 e. The zero-order valence-electron chi connectivity index (χ0n) is 11.9. The van der Waals surface area contributed by atoms with E-state index in [1.165, 1.54) is 21.9 Å². The first-order valence-electron chi connectivity index (χ1n) is 6.78. The summed E-state index contributed by atoms with van der Waals surface area (Å²) >= 11 is 1.38. The highest BCUT2D eigenvalue weighted by Crippen LogP contribution is 2.18. The van der Waals surface area contributed by atoms with Gasteiger partial charge in [-0.2, -0.15) is 4.52 Å². The van der Waals surface area contributed by atoms with Gasteiger partial charge in [-0.05, 0) is 32.4 Å². The second-order valence-corrected chi connectivity index (χ2v) is 5.96. The monoisotopic (exact) mass is 304 g/mol. The zero-order chi connectivity index (χ0) is 14.8. The summed E-state index contributed by atoms with van der Waals surface area (Å²) in [5, 5.41) is 8.28. The highest BCUT2D eigenvalue weighted by Gasteiger charge is 2.10. The van der Waals surface area contributed by atoms with E-state index in [2.05, 4.69) is 22.3 Å². The minimum atomic E-state index is -0.148. The van der Waals surface area contributed by atoms with E-state index in [0.717, 1.165) is 18.6 Å². The molecule has 0 fully saturated rings. The minimum Gasteiger partial charge on any atom is -0.469 e. The van der Waals surface area contributed by atoms with Gasteiger partial charge >= 0.3 is 0 Å². The molecule has 1 N–H and O–H groups in total. The molecule has 3 heterocycles. The van der Waals surface area contributed by atoms with E-state index in [1.54, 1.807) is 13.2 Å². The molecule has 0 aliphatic carbocycles. The Morgan fingerprint density at radius 3 is 3.14 bits per heavy atom. The van der Waals surface area contributed by atoms with Gasteiger partial charge in [0.2, 0.25) is 10.1 Å². The van der Waals surface area contributed by atoms with Crippen LogP contribution in [0, 0.1) is 6.92 Å². The molecular formula is C14H16N4O2S. The average molecular weight is 304 g/mol. The van der Waals surface area contributed by atoms with Crippen molar-refractivity contribution in [2.24, 2.45) is 0 Å². The molecule has 7 heteroatoms. The molecule has 0 saturated heterocycles. The predicted octanol–water partition coefficient (Wildman–Crippen LogP) is 2.49. The van der Waals surface area contributed by atoms with Gasteiger partial charge in [-0.1, -0.05) is 11.3 Å². The lowest BCUT2D eigenvalue weighted by atomic mass is 10.1. The lowest BCUT2D eigenvalue weighted by Gasteiger charge is -2.10. The molecule has 3 aromatic heterocycles. The largest absolute Gasteiger partial charge is 0.469 e. The van der Waals surface area contributed by atoms with Crippen LogP contribution in [-0.4, -0.2) is 20.6 Å². The summed E-state index contributed by atoms with van der Waals surface area (Å²) in [4.78, 5) is 16.7. The van der Waals surface area contributed by atoms with Crippen molar-refractivity contribution < 1.29 is 4.42 Å². The van der Waals surface area contributed by atoms with Crippen LogP contribution in [0.4, 0.5) is 5.13 Å². The summed E-state index contributed by atoms with van der Waals surface area (Å²) in [5.74, 6) is 0.974. The third-order valence-electron chi connectivity index (χ3n) is 3.15. The predicted molar refractivity (Wildman–Crippen MR) is 82.0 cm³/mol. The van der Waals surface area contributed by atoms with Crippen LogP contribution in [0.3, 0.4) is 0 Å². The van der Waals surface area contributed by atoms with E-state index in [-0.39, 0.29) is 11.6 Å². The normalized spacial score (nSPS) is 12.7. The van der Waals surface area contributed by atoms with Crippen LogP contribution in [0.2, 0.25) is 0 Å². The number of nitrogens with one attached hydrogen (secondary N) is 1. The highest BCUT2D eigenvalue weighted by atomic mass is 32.1. The first-order valence-corrected chi connectivity index (χ1v) is 7.60. The van der Waals surface area contributed by atoms with Crippen molar-refractivity contribution in [3.05, 3.63) is 46.3 Å². The second-order valence-electron chi connectivity index (χ2n) is 5.00. The molecule has 21 heavy (non-hydrogen) atoms. The first kappa shape index (κ1) is 13.8. The Bertz CT molecular complexity index is 791. The number of rotatable bonds is 5. The topological polar surface area (TPSA) is 72.4 Å². The average Bonchev–Trinajstić information content (AvgIpc) is 3.05. The number of furan rings is 1. The summed E-state index contributed by atoms with van der Waals surface area (Å²) in [6.07, 6.45) is 3.47. The van der Waals surface area contributed by atoms with Crippen molar-refractivity contribution in [1.29, 1.82) is 0 Å². The summed E-state index contributed by atoms with van der Waals surface area (Å²) in [5.41, 5.74) is 0.561. The molecule has 0 amide bonds. The molecule has 0 aromatic carbocycles. The van der Waals surface area contributed by atoms with Gasteiger partial charge in [-0.25, -0.2) is 4.98 Å². The van der Waals surface area contributed by atoms with Crippen LogP contribution in [0.1, 0.15) is 24.8 Å². The Labute approximate surface area is 125 Å². The standard InChI is InChI=1S/C14H16N4O2S/c1-9(5-6-11-4-3-7-20-11)15-13-17-18-12(19)8-10(2)16-14(18)21-13/h3-4,7-9H,5-6H2,1-2H3,(H,15,17). The van der Waals surface area contributed by atoms with Crippen LogP contribution in [0.25, 0.3) is 4.96 Å². The maximum Gasteiger partial charge on any atom is 0.275 e. The van der Waals surface area contributed by atoms with Gasteiger partial charge in [-0.3, -0.25) is 4.79 Å². The van der Waals surface area contributed by atoms with Gasteiger partial charge in [-0.15, -0.1) is 5.10 Å². The van der Waals surface area contributed by atoms with Crippen molar-refractivity contribution in [2.45, 2.75) is 32.7 Å². The molecule has 3 aromatic rings. The summed E-state index contributed by atoms with van der Waals surface area (Å²) < 4.78 is 6.65. The van der Waals surface area contributed by atoms with Gasteiger partial charge in [0, 0.05) is 24.2 Å². The van der Waals surface area contributed by atoms with E-state index in [1.807, 2.05) is 12.1 Å². The van der Waals surface area contributed by atoms with E-state index in [0.29, 0.717) is 15.8 Å². The van der Waals surface area contributed by atoms with Crippen LogP contribution >= 0.6 is 11.3 Å². The van der Waals surface area contributed by atoms with Crippen LogP contribution in [0.5, 0.6) is 0 Å². The fourth-order valence-corrected chi connectivity index (χ4v) is 3.04. The maximum atomic E-state index is 11.8. The second kappa shape index (κ2) is 5.69. The number of anilines is 1. The Morgan fingerprint density at radius 1 is 1.52 bits per heavy atom. The zero-order valence-corrected chi connectivity index (χ0v) is 12.7. The van der Waals surface area contributed by atoms with Crippen LogP contribution in [-0.2, 0) is 6.42 Å². The Balaban J connectivity index is 1.69. The molecule has 110 valence electrons. The molecule has 0 bridgehead atoms. The molecule has 0 aliphatic rings. The lowest BCUT2D eigenvalue weighted by molar-refractivity contribution is 0.495. The first-order chi connectivity index (χ1) is 10.1. The van der Waals surface area contributed by atoms with Gasteiger partial charge in [0.1, 0.15) is 5.76 Å². The van der Waals surface area contributed by atoms with Gasteiger partial charge in [0.15, 0.2) is 0 Å². The van der Waals surface area contributed by atoms with Crippen LogP contribution in [0.15, 0.2) is 33.7 Å². The molecule has 6 nitrogen and oxygen atoms in total. The molecule has 1 atom stereocenters. The molecule has 0 radical (unpaired) electrons. The van der Waals surface area contributed by atoms with Crippen molar-refractivity contribution in [3.8, 4) is 0 Å². The summed E-state index contributed by atoms with van der Waals surface area (Å²) in [7, 11) is 0. The van der Waals surface area contributed by atoms with Crippen LogP contribution < -0.4 is 10.9 Å². The fourth-order valence-electron chi connectivity index (χ4n) is 2.08. The summed E-state index contributed by atoms with van der Waals surface area (Å²) in [6.45, 7) is 3.89. The van der Waals surface area contributed by atoms with Crippen molar-refractivity contribution >= 4 is 21.4 Å². The highest BCUT2D eigenvalue weighted by molar-refractivity contribution is 7.20. The third-order valence-corrected chi connectivity index (χ3v) is 3.99. The molecule has 0 saturated carbocycles. The fraction of sp³-hybridized carbons (Fsp3) is 0.357. The van der Waals surface area contributed by atoms with Gasteiger partial charge in [0.05, 0.1) is 6.26 Å². The Hall–Kier alpha value is -2.15. The van der Waals surface area contributed by atoms with Crippen molar-refractivity contribution in [2.75, 3.05) is 5.32 Å². The molecule has 0 spiro atoms. The number of aromatic nitrogens is 3. The SMILES string of the molecule is Cc1cc(=O)n2nc(NC(C)CCc3ccco3)sc2n1. The Kier molecular flexibility index (Phi) is 3.74. The van der Waals surface area contributed by atoms with Gasteiger partial charge in [0.25, 0.3) is 5.56 Å². The number of hydrogen-bond acceptors (Lipinski definition) is 6. The van der Waals surface area contributed by atoms with E-state index in [9.17, 15) is 4.79 Å². The van der Waals surface area contributed by atoms with Crippen molar-refractivity contribution in [1.82, 2.24) is 14.6 Å². The lowest BCUT2D eigenvalue weighted by Crippen LogP contribution is -2.17. The number of aryl methyl sites for hydroxylation is 2.